The minimum absolute atomic E-state index is 0.0620. The molecule has 6 heterocycles. The van der Waals surface area contributed by atoms with E-state index in [0.29, 0.717) is 45.1 Å². The van der Waals surface area contributed by atoms with Gasteiger partial charge < -0.3 is 187 Å². The topological polar surface area (TPSA) is 702 Å². The molecule has 3 aliphatic carbocycles. The summed E-state index contributed by atoms with van der Waals surface area (Å²) in [5.41, 5.74) is 63.8. The van der Waals surface area contributed by atoms with Gasteiger partial charge in [-0.1, -0.05) is 0 Å². The normalized spacial score (nSPS) is 49.1. The first-order valence-corrected chi connectivity index (χ1v) is 36.1. The van der Waals surface area contributed by atoms with E-state index in [2.05, 4.69) is 21.3 Å². The molecule has 0 radical (unpaired) electrons. The van der Waals surface area contributed by atoms with Crippen molar-refractivity contribution in [2.24, 2.45) is 63.1 Å². The van der Waals surface area contributed by atoms with E-state index < -0.39 is 193 Å². The number of nitrogens with one attached hydrogen (secondary N) is 4. The van der Waals surface area contributed by atoms with Crippen molar-refractivity contribution in [1.29, 1.82) is 0 Å². The molecule has 9 rings (SSSR count). The summed E-state index contributed by atoms with van der Waals surface area (Å²) < 4.78 is 102. The largest absolute Gasteiger partial charge is 0.394 e. The highest BCUT2D eigenvalue weighted by atomic mass is 32.3. The lowest BCUT2D eigenvalue weighted by molar-refractivity contribution is -0.307. The first kappa shape index (κ1) is 88.3. The van der Waals surface area contributed by atoms with Crippen molar-refractivity contribution in [3.05, 3.63) is 0 Å². The Balaban J connectivity index is 0.000000230. The number of hydrogen-bond donors (Lipinski definition) is 26. The maximum Gasteiger partial charge on any atom is 0.394 e. The molecule has 0 amide bonds. The first-order chi connectivity index (χ1) is 47.0. The van der Waals surface area contributed by atoms with Crippen LogP contribution in [0.4, 0.5) is 0 Å². The Morgan fingerprint density at radius 1 is 0.426 bits per heavy atom. The molecule has 6 saturated heterocycles. The molecule has 40 nitrogen and oxygen atoms in total. The predicted octanol–water partition coefficient (Wildman–Crippen LogP) is -11.5. The lowest BCUT2D eigenvalue weighted by Gasteiger charge is -2.48. The van der Waals surface area contributed by atoms with E-state index in [9.17, 15) is 46.0 Å². The molecule has 101 heavy (non-hydrogen) atoms. The number of aliphatic hydroxyl groups is 9. The standard InChI is InChI=1S/C21H43N5O7.C20H41N5O7.C19H39N5O7.H2O4S/c1-9(25-3)13-6-5-10(22)19(31-13)32-16-11(23)7-12(24)17(14(16)27)33-20-15(28)18(26-4)21(2,29)8-30-20;1-8(21)12-5-4-9(22)18(30-12)31-15-10(23)6-11(24)16(13(15)26)32-19-14(27)17(25-3)20(2,28)7-29-19;1-19(27)7-28-18(13(26)16(19)24-2)31-15-11(23)5-10(22)14(12(15)25)30-17-9(21)4-3-8(6-20)29-17;1-5(2,3)4/h9-20,25-29H,5-8,22-24H2,1-4H3;8-19,25-28H,4-7,21-24H2,1-3H3;8-18,24-27H,3-7,20-23H2,1-2H3;(H2,1,2,3,4)/t9?,10-,11+,12-,13+,14+,15-,16-,17+,18-,19-,20-,21+;8?,9-,10+,11-,12+,13+,14-,15-,16+,17-,18-,19-,20+;8-,9+,10-,11+,12-,13+,14+,15-,16+,17+,18+,19-;/m110./s1. The molecule has 6 aliphatic heterocycles. The Morgan fingerprint density at radius 2 is 0.683 bits per heavy atom. The summed E-state index contributed by atoms with van der Waals surface area (Å²) in [6, 6.07) is -6.84. The molecule has 0 spiro atoms. The smallest absolute Gasteiger partial charge is 0.388 e. The van der Waals surface area contributed by atoms with Gasteiger partial charge in [0.2, 0.25) is 0 Å². The monoisotopic (exact) mass is 1490 g/mol. The minimum Gasteiger partial charge on any atom is -0.388 e. The molecule has 596 valence electrons. The van der Waals surface area contributed by atoms with Crippen LogP contribution in [0.5, 0.6) is 0 Å². The fourth-order valence-electron chi connectivity index (χ4n) is 14.6. The Kier molecular flexibility index (Phi) is 33.4. The molecule has 2 unspecified atom stereocenters. The molecule has 0 aromatic heterocycles. The van der Waals surface area contributed by atoms with E-state index in [1.165, 1.54) is 0 Å². The first-order valence-electron chi connectivity index (χ1n) is 34.7. The van der Waals surface area contributed by atoms with Gasteiger partial charge in [-0.2, -0.15) is 8.42 Å². The van der Waals surface area contributed by atoms with E-state index in [1.54, 1.807) is 41.9 Å². The number of nitrogens with two attached hydrogens (primary N) is 11. The molecular formula is C60H125N15O25S. The van der Waals surface area contributed by atoms with Crippen LogP contribution in [0.15, 0.2) is 0 Å². The van der Waals surface area contributed by atoms with E-state index in [-0.39, 0.29) is 68.3 Å². The SMILES string of the molecule is CNC(C)[C@@H]1CC[C@@H](N)[C@@H](O[C@H]2[C@H](O)[C@@H](O[C@H]3OC[C@](C)(O)[C@H](NC)[C@H]3O)[C@H](N)C[C@@H]2N)O1.CN[C@@H]1[C@@H](O)[C@@H](O[C@@H]2[C@@H](O)[C@H](O[C@H]3O[C@H](C(C)N)CC[C@H]3N)[C@@H](N)C[C@H]2N)OC[C@]1(C)O.CN[C@@H]1[C@@H](O)[C@@H](O[C@@H]2[C@@H](O)[C@H](O[C@H]3O[C@H](CN)CC[C@H]3N)[C@@H](N)C[C@H]2N)OC[C@]1(C)O.O=S(=O)(O)O. The van der Waals surface area contributed by atoms with Gasteiger partial charge in [-0.3, -0.25) is 9.11 Å². The molecule has 41 heteroatoms. The average molecular weight is 1490 g/mol. The van der Waals surface area contributed by atoms with Gasteiger partial charge in [-0.05, 0) is 121 Å². The number of aliphatic hydroxyl groups excluding tert-OH is 6. The lowest BCUT2D eigenvalue weighted by Crippen LogP contribution is -2.68. The molecule has 9 aliphatic rings. The van der Waals surface area contributed by atoms with Crippen LogP contribution >= 0.6 is 0 Å². The summed E-state index contributed by atoms with van der Waals surface area (Å²) in [4.78, 5) is 0. The summed E-state index contributed by atoms with van der Waals surface area (Å²) in [6.07, 6.45) is -13.3. The van der Waals surface area contributed by atoms with Crippen LogP contribution in [0.2, 0.25) is 0 Å². The van der Waals surface area contributed by atoms with Crippen LogP contribution in [-0.2, 0) is 67.2 Å². The third kappa shape index (κ3) is 23.0. The van der Waals surface area contributed by atoms with Gasteiger partial charge in [0.25, 0.3) is 0 Å². The molecule has 0 aromatic carbocycles. The van der Waals surface area contributed by atoms with Crippen molar-refractivity contribution in [3.8, 4) is 0 Å². The fourth-order valence-corrected chi connectivity index (χ4v) is 14.6. The highest BCUT2D eigenvalue weighted by molar-refractivity contribution is 7.79. The summed E-state index contributed by atoms with van der Waals surface area (Å²) in [6.45, 7) is 8.70. The summed E-state index contributed by atoms with van der Waals surface area (Å²) in [5.74, 6) is 0. The van der Waals surface area contributed by atoms with E-state index in [1.807, 2.05) is 20.9 Å². The predicted molar refractivity (Wildman–Crippen MR) is 360 cm³/mol. The van der Waals surface area contributed by atoms with Crippen molar-refractivity contribution >= 4 is 10.4 Å². The summed E-state index contributed by atoms with van der Waals surface area (Å²) in [5, 5.41) is 108. The van der Waals surface area contributed by atoms with Crippen molar-refractivity contribution in [2.45, 2.75) is 323 Å². The molecule has 0 bridgehead atoms. The van der Waals surface area contributed by atoms with Crippen LogP contribution in [0.3, 0.4) is 0 Å². The van der Waals surface area contributed by atoms with E-state index in [4.69, 9.17) is 137 Å². The number of ether oxygens (including phenoxy) is 12. The van der Waals surface area contributed by atoms with Crippen LogP contribution in [-0.4, -0.2) is 349 Å². The molecule has 0 aromatic rings. The van der Waals surface area contributed by atoms with Crippen LogP contribution in [0.25, 0.3) is 0 Å². The van der Waals surface area contributed by atoms with E-state index >= 15 is 0 Å². The maximum atomic E-state index is 11.1. The van der Waals surface area contributed by atoms with Crippen molar-refractivity contribution in [1.82, 2.24) is 21.3 Å². The quantitative estimate of drug-likeness (QED) is 0.0534. The average Bonchev–Trinajstić information content (AvgIpc) is 0.791. The molecular weight excluding hydrogens is 1360 g/mol. The maximum absolute atomic E-state index is 11.1. The minimum atomic E-state index is -4.67. The molecule has 3 saturated carbocycles. The van der Waals surface area contributed by atoms with Gasteiger partial charge in [0.05, 0.1) is 74.4 Å². The Labute approximate surface area is 590 Å². The van der Waals surface area contributed by atoms with Gasteiger partial charge in [0.15, 0.2) is 37.7 Å². The second kappa shape index (κ2) is 38.2. The van der Waals surface area contributed by atoms with Crippen LogP contribution in [0, 0.1) is 0 Å². The molecule has 37 N–H and O–H groups in total. The summed E-state index contributed by atoms with van der Waals surface area (Å²) in [7, 11) is 2.07. The van der Waals surface area contributed by atoms with Crippen LogP contribution in [0.1, 0.15) is 92.4 Å². The highest BCUT2D eigenvalue weighted by Gasteiger charge is 2.55. The fraction of sp³-hybridized carbons (Fsp3) is 1.00. The molecule has 9 fully saturated rings. The van der Waals surface area contributed by atoms with Gasteiger partial charge in [0.1, 0.15) is 90.1 Å². The summed E-state index contributed by atoms with van der Waals surface area (Å²) >= 11 is 0. The van der Waals surface area contributed by atoms with E-state index in [0.717, 1.165) is 19.3 Å². The van der Waals surface area contributed by atoms with Crippen molar-refractivity contribution in [2.75, 3.05) is 54.6 Å². The second-order valence-corrected chi connectivity index (χ2v) is 30.1. The third-order valence-electron chi connectivity index (χ3n) is 20.6. The molecule has 38 atom stereocenters. The number of hydrogen-bond acceptors (Lipinski definition) is 38. The Hall–Kier alpha value is -1.57. The van der Waals surface area contributed by atoms with Gasteiger partial charge in [-0.25, -0.2) is 0 Å². The highest BCUT2D eigenvalue weighted by Crippen LogP contribution is 2.36. The lowest BCUT2D eigenvalue weighted by atomic mass is 9.84. The Morgan fingerprint density at radius 3 is 0.950 bits per heavy atom. The van der Waals surface area contributed by atoms with Gasteiger partial charge >= 0.3 is 10.4 Å². The van der Waals surface area contributed by atoms with Crippen molar-refractivity contribution < 1.29 is 120 Å². The zero-order valence-electron chi connectivity index (χ0n) is 59.3. The zero-order chi connectivity index (χ0) is 75.7. The Bertz CT molecular complexity index is 2560. The third-order valence-corrected chi connectivity index (χ3v) is 20.6. The number of rotatable bonds is 19. The van der Waals surface area contributed by atoms with Gasteiger partial charge in [-0.15, -0.1) is 0 Å². The van der Waals surface area contributed by atoms with Gasteiger partial charge in [0, 0.05) is 54.9 Å². The van der Waals surface area contributed by atoms with Crippen LogP contribution < -0.4 is 84.3 Å². The number of likely N-dealkylation sites (N-methyl/N-ethyl adjacent to an activating group) is 4. The second-order valence-electron chi connectivity index (χ2n) is 29.2. The van der Waals surface area contributed by atoms with Crippen molar-refractivity contribution in [3.63, 3.8) is 0 Å². The zero-order valence-corrected chi connectivity index (χ0v) is 60.1.